The van der Waals surface area contributed by atoms with E-state index in [2.05, 4.69) is 35.5 Å². The van der Waals surface area contributed by atoms with Crippen LogP contribution in [-0.4, -0.2) is 36.0 Å². The van der Waals surface area contributed by atoms with Crippen LogP contribution < -0.4 is 5.32 Å². The third kappa shape index (κ3) is 3.78. The van der Waals surface area contributed by atoms with Gasteiger partial charge in [0.2, 0.25) is 5.91 Å². The molecule has 0 radical (unpaired) electrons. The fourth-order valence-corrected chi connectivity index (χ4v) is 4.63. The Morgan fingerprint density at radius 2 is 1.89 bits per heavy atom. The summed E-state index contributed by atoms with van der Waals surface area (Å²) in [6.07, 6.45) is 6.45. The lowest BCUT2D eigenvalue weighted by atomic mass is 10.0. The predicted octanol–water partition coefficient (Wildman–Crippen LogP) is 5.86. The SMILES string of the molecule is O=C(Nc1cncc(-c2ccc3[nH]nc(-c4nc5nccc(-c6cccc(F)c6)c5[nH]4)c3c2F)c1)C1CC1. The molecule has 0 atom stereocenters. The summed E-state index contributed by atoms with van der Waals surface area (Å²) < 4.78 is 29.9. The highest BCUT2D eigenvalue weighted by atomic mass is 19.1. The average molecular weight is 508 g/mol. The molecule has 0 aliphatic heterocycles. The van der Waals surface area contributed by atoms with Crippen LogP contribution in [0.4, 0.5) is 14.5 Å². The topological polar surface area (TPSA) is 112 Å². The van der Waals surface area contributed by atoms with E-state index in [0.717, 1.165) is 12.8 Å². The third-order valence-corrected chi connectivity index (χ3v) is 6.68. The molecule has 4 aromatic heterocycles. The van der Waals surface area contributed by atoms with E-state index in [1.807, 2.05) is 0 Å². The second-order valence-corrected chi connectivity index (χ2v) is 9.30. The molecule has 1 fully saturated rings. The largest absolute Gasteiger partial charge is 0.335 e. The standard InChI is InChI=1S/C28H19F2N7O/c29-17-3-1-2-15(10-17)20-8-9-32-26-24(20)34-27(35-26)25-22-21(36-37-25)7-6-19(23(22)30)16-11-18(13-31-12-16)33-28(38)14-4-5-14/h1-3,6-14H,4-5H2,(H,33,38)(H,36,37)(H,32,34,35). The molecular formula is C28H19F2N7O. The van der Waals surface area contributed by atoms with Gasteiger partial charge in [0.1, 0.15) is 17.3 Å². The first-order chi connectivity index (χ1) is 18.5. The number of amides is 1. The van der Waals surface area contributed by atoms with Gasteiger partial charge in [-0.1, -0.05) is 12.1 Å². The molecule has 38 heavy (non-hydrogen) atoms. The van der Waals surface area contributed by atoms with Crippen LogP contribution in [0.15, 0.2) is 67.1 Å². The van der Waals surface area contributed by atoms with Crippen LogP contribution in [0, 0.1) is 17.6 Å². The number of imidazole rings is 1. The number of nitrogens with zero attached hydrogens (tertiary/aromatic N) is 4. The lowest BCUT2D eigenvalue weighted by Crippen LogP contribution is -2.13. The molecule has 1 aliphatic rings. The minimum atomic E-state index is -0.502. The number of carbonyl (C=O) groups is 1. The molecule has 1 saturated carbocycles. The summed E-state index contributed by atoms with van der Waals surface area (Å²) in [5.74, 6) is -0.543. The summed E-state index contributed by atoms with van der Waals surface area (Å²) >= 11 is 0. The van der Waals surface area contributed by atoms with Crippen LogP contribution in [0.2, 0.25) is 0 Å². The Balaban J connectivity index is 1.32. The Morgan fingerprint density at radius 1 is 1.00 bits per heavy atom. The van der Waals surface area contributed by atoms with Crippen LogP contribution in [-0.2, 0) is 4.79 Å². The fourth-order valence-electron chi connectivity index (χ4n) is 4.63. The van der Waals surface area contributed by atoms with E-state index >= 15 is 4.39 Å². The van der Waals surface area contributed by atoms with Crippen molar-refractivity contribution in [3.05, 3.63) is 78.8 Å². The molecule has 0 spiro atoms. The molecule has 0 unspecified atom stereocenters. The lowest BCUT2D eigenvalue weighted by Gasteiger charge is -2.08. The Bertz CT molecular complexity index is 1870. The summed E-state index contributed by atoms with van der Waals surface area (Å²) in [5.41, 5.74) is 4.48. The molecule has 1 amide bonds. The monoisotopic (exact) mass is 507 g/mol. The molecule has 8 nitrogen and oxygen atoms in total. The van der Waals surface area contributed by atoms with Crippen LogP contribution in [0.3, 0.4) is 0 Å². The molecule has 10 heteroatoms. The Hall–Kier alpha value is -4.99. The van der Waals surface area contributed by atoms with Gasteiger partial charge in [0.15, 0.2) is 11.5 Å². The minimum absolute atomic E-state index is 0.0416. The normalized spacial score (nSPS) is 13.3. The Morgan fingerprint density at radius 3 is 2.74 bits per heavy atom. The number of pyridine rings is 2. The summed E-state index contributed by atoms with van der Waals surface area (Å²) in [5, 5.41) is 10.3. The van der Waals surface area contributed by atoms with Crippen molar-refractivity contribution in [1.29, 1.82) is 0 Å². The van der Waals surface area contributed by atoms with Crippen LogP contribution >= 0.6 is 0 Å². The van der Waals surface area contributed by atoms with E-state index < -0.39 is 5.82 Å². The van der Waals surface area contributed by atoms with E-state index in [-0.39, 0.29) is 28.7 Å². The second kappa shape index (κ2) is 8.55. The number of anilines is 1. The van der Waals surface area contributed by atoms with Crippen molar-refractivity contribution in [3.63, 3.8) is 0 Å². The highest BCUT2D eigenvalue weighted by Gasteiger charge is 2.29. The second-order valence-electron chi connectivity index (χ2n) is 9.30. The maximum Gasteiger partial charge on any atom is 0.227 e. The molecule has 4 heterocycles. The van der Waals surface area contributed by atoms with Crippen molar-refractivity contribution in [2.75, 3.05) is 5.32 Å². The van der Waals surface area contributed by atoms with Gasteiger partial charge < -0.3 is 10.3 Å². The first kappa shape index (κ1) is 22.2. The molecule has 7 rings (SSSR count). The molecular weight excluding hydrogens is 488 g/mol. The van der Waals surface area contributed by atoms with E-state index in [9.17, 15) is 9.18 Å². The smallest absolute Gasteiger partial charge is 0.227 e. The third-order valence-electron chi connectivity index (χ3n) is 6.68. The number of carbonyl (C=O) groups excluding carboxylic acids is 1. The van der Waals surface area contributed by atoms with Gasteiger partial charge >= 0.3 is 0 Å². The zero-order valence-corrected chi connectivity index (χ0v) is 19.8. The highest BCUT2D eigenvalue weighted by molar-refractivity contribution is 5.98. The molecule has 6 aromatic rings. The average Bonchev–Trinajstić information content (AvgIpc) is 3.54. The summed E-state index contributed by atoms with van der Waals surface area (Å²) in [7, 11) is 0. The first-order valence-corrected chi connectivity index (χ1v) is 12.1. The molecule has 1 aliphatic carbocycles. The molecule has 186 valence electrons. The van der Waals surface area contributed by atoms with Gasteiger partial charge in [-0.25, -0.2) is 18.7 Å². The maximum absolute atomic E-state index is 16.0. The van der Waals surface area contributed by atoms with Gasteiger partial charge in [-0.3, -0.25) is 14.9 Å². The van der Waals surface area contributed by atoms with Gasteiger partial charge in [0.05, 0.1) is 28.3 Å². The minimum Gasteiger partial charge on any atom is -0.335 e. The molecule has 2 aromatic carbocycles. The first-order valence-electron chi connectivity index (χ1n) is 12.1. The number of H-pyrrole nitrogens is 2. The Kier molecular flexibility index (Phi) is 5.00. The number of halogens is 2. The molecule has 0 bridgehead atoms. The summed E-state index contributed by atoms with van der Waals surface area (Å²) in [6, 6.07) is 13.1. The number of hydrogen-bond donors (Lipinski definition) is 3. The van der Waals surface area contributed by atoms with Crippen molar-refractivity contribution in [2.45, 2.75) is 12.8 Å². The van der Waals surface area contributed by atoms with E-state index in [1.165, 1.54) is 12.1 Å². The Labute approximate surface area is 214 Å². The summed E-state index contributed by atoms with van der Waals surface area (Å²) in [6.45, 7) is 0. The van der Waals surface area contributed by atoms with E-state index in [4.69, 9.17) is 0 Å². The van der Waals surface area contributed by atoms with Gasteiger partial charge in [0, 0.05) is 35.0 Å². The van der Waals surface area contributed by atoms with Gasteiger partial charge in [0.25, 0.3) is 0 Å². The number of hydrogen-bond acceptors (Lipinski definition) is 5. The van der Waals surface area contributed by atoms with E-state index in [1.54, 1.807) is 55.0 Å². The van der Waals surface area contributed by atoms with Crippen LogP contribution in [0.25, 0.3) is 55.8 Å². The maximum atomic E-state index is 16.0. The van der Waals surface area contributed by atoms with Gasteiger partial charge in [-0.15, -0.1) is 0 Å². The number of aromatic nitrogens is 6. The lowest BCUT2D eigenvalue weighted by molar-refractivity contribution is -0.117. The van der Waals surface area contributed by atoms with Crippen molar-refractivity contribution in [1.82, 2.24) is 30.1 Å². The highest BCUT2D eigenvalue weighted by Crippen LogP contribution is 2.36. The number of rotatable bonds is 5. The quantitative estimate of drug-likeness (QED) is 0.271. The van der Waals surface area contributed by atoms with Gasteiger partial charge in [-0.2, -0.15) is 5.10 Å². The zero-order valence-electron chi connectivity index (χ0n) is 19.8. The number of aromatic amines is 2. The predicted molar refractivity (Wildman–Crippen MR) is 139 cm³/mol. The summed E-state index contributed by atoms with van der Waals surface area (Å²) in [4.78, 5) is 28.5. The van der Waals surface area contributed by atoms with Crippen molar-refractivity contribution < 1.29 is 13.6 Å². The number of nitrogens with one attached hydrogen (secondary N) is 3. The fraction of sp³-hybridized carbons (Fsp3) is 0.107. The van der Waals surface area contributed by atoms with E-state index in [0.29, 0.717) is 50.4 Å². The van der Waals surface area contributed by atoms with Crippen molar-refractivity contribution in [3.8, 4) is 33.8 Å². The molecule has 3 N–H and O–H groups in total. The van der Waals surface area contributed by atoms with Crippen molar-refractivity contribution in [2.24, 2.45) is 5.92 Å². The van der Waals surface area contributed by atoms with Crippen molar-refractivity contribution >= 4 is 33.7 Å². The molecule has 0 saturated heterocycles. The van der Waals surface area contributed by atoms with Crippen LogP contribution in [0.5, 0.6) is 0 Å². The van der Waals surface area contributed by atoms with Crippen LogP contribution in [0.1, 0.15) is 12.8 Å². The van der Waals surface area contributed by atoms with Gasteiger partial charge in [-0.05, 0) is 54.8 Å². The number of benzene rings is 2. The number of fused-ring (bicyclic) bond motifs is 2. The zero-order chi connectivity index (χ0) is 25.8.